The number of carbonyl (C=O) groups is 1. The molecule has 0 atom stereocenters. The molecule has 1 aromatic heterocycles. The van der Waals surface area contributed by atoms with Crippen LogP contribution in [0.25, 0.3) is 0 Å². The zero-order chi connectivity index (χ0) is 18.9. The monoisotopic (exact) mass is 350 g/mol. The molecule has 140 valence electrons. The molecule has 0 saturated heterocycles. The summed E-state index contributed by atoms with van der Waals surface area (Å²) in [6, 6.07) is 5.89. The van der Waals surface area contributed by atoms with Gasteiger partial charge in [0.05, 0.1) is 12.2 Å². The minimum atomic E-state index is -0.497. The van der Waals surface area contributed by atoms with E-state index in [2.05, 4.69) is 25.9 Å². The fraction of sp³-hybridized carbons (Fsp3) is 0.588. The van der Waals surface area contributed by atoms with Crippen LogP contribution in [-0.2, 0) is 11.3 Å². The number of nitrogens with zero attached hydrogens (tertiary/aromatic N) is 3. The Labute approximate surface area is 150 Å². The second-order valence-electron chi connectivity index (χ2n) is 6.66. The van der Waals surface area contributed by atoms with Crippen LogP contribution in [0.4, 0.5) is 10.6 Å². The number of hydrogen-bond donors (Lipinski definition) is 3. The van der Waals surface area contributed by atoms with E-state index in [4.69, 9.17) is 4.74 Å². The van der Waals surface area contributed by atoms with Crippen molar-refractivity contribution in [3.8, 4) is 0 Å². The zero-order valence-corrected chi connectivity index (χ0v) is 16.0. The van der Waals surface area contributed by atoms with E-state index in [1.165, 1.54) is 0 Å². The van der Waals surface area contributed by atoms with Crippen molar-refractivity contribution >= 4 is 17.9 Å². The van der Waals surface area contributed by atoms with Gasteiger partial charge in [0.2, 0.25) is 0 Å². The van der Waals surface area contributed by atoms with Gasteiger partial charge in [-0.3, -0.25) is 4.99 Å². The molecule has 0 aliphatic heterocycles. The van der Waals surface area contributed by atoms with E-state index in [1.54, 1.807) is 7.05 Å². The van der Waals surface area contributed by atoms with Crippen LogP contribution >= 0.6 is 0 Å². The molecule has 0 aliphatic rings. The van der Waals surface area contributed by atoms with Crippen molar-refractivity contribution in [1.82, 2.24) is 20.9 Å². The van der Waals surface area contributed by atoms with Crippen LogP contribution < -0.4 is 20.9 Å². The predicted octanol–water partition coefficient (Wildman–Crippen LogP) is 1.34. The molecule has 3 N–H and O–H groups in total. The maximum absolute atomic E-state index is 11.6. The number of rotatable bonds is 6. The third-order valence-corrected chi connectivity index (χ3v) is 3.00. The van der Waals surface area contributed by atoms with Crippen LogP contribution in [0.15, 0.2) is 23.2 Å². The first-order valence-electron chi connectivity index (χ1n) is 8.26. The van der Waals surface area contributed by atoms with Crippen molar-refractivity contribution in [1.29, 1.82) is 0 Å². The number of carbonyl (C=O) groups excluding carboxylic acids is 1. The zero-order valence-electron chi connectivity index (χ0n) is 16.0. The van der Waals surface area contributed by atoms with Gasteiger partial charge < -0.3 is 25.6 Å². The summed E-state index contributed by atoms with van der Waals surface area (Å²) >= 11 is 0. The van der Waals surface area contributed by atoms with Gasteiger partial charge in [0.1, 0.15) is 11.4 Å². The summed E-state index contributed by atoms with van der Waals surface area (Å²) < 4.78 is 5.17. The van der Waals surface area contributed by atoms with Crippen LogP contribution in [-0.4, -0.2) is 56.9 Å². The molecule has 0 aliphatic carbocycles. The maximum atomic E-state index is 11.6. The van der Waals surface area contributed by atoms with Gasteiger partial charge in [0.15, 0.2) is 5.96 Å². The van der Waals surface area contributed by atoms with Gasteiger partial charge >= 0.3 is 6.09 Å². The first-order valence-corrected chi connectivity index (χ1v) is 8.26. The fourth-order valence-corrected chi connectivity index (χ4v) is 1.87. The van der Waals surface area contributed by atoms with E-state index in [0.717, 1.165) is 11.5 Å². The number of nitrogens with one attached hydrogen (secondary N) is 3. The molecule has 0 unspecified atom stereocenters. The van der Waals surface area contributed by atoms with Crippen molar-refractivity contribution in [2.24, 2.45) is 4.99 Å². The Bertz CT molecular complexity index is 581. The Balaban J connectivity index is 2.34. The lowest BCUT2D eigenvalue weighted by Gasteiger charge is -2.20. The summed E-state index contributed by atoms with van der Waals surface area (Å²) in [7, 11) is 5.61. The molecule has 0 fully saturated rings. The molecule has 8 nitrogen and oxygen atoms in total. The highest BCUT2D eigenvalue weighted by atomic mass is 16.6. The van der Waals surface area contributed by atoms with Crippen molar-refractivity contribution in [3.63, 3.8) is 0 Å². The quantitative estimate of drug-likeness (QED) is 0.407. The lowest BCUT2D eigenvalue weighted by Crippen LogP contribution is -2.42. The number of amides is 1. The number of hydrogen-bond acceptors (Lipinski definition) is 5. The van der Waals surface area contributed by atoms with Crippen LogP contribution in [0.1, 0.15) is 26.5 Å². The van der Waals surface area contributed by atoms with E-state index in [1.807, 2.05) is 58.0 Å². The molecule has 1 amide bonds. The van der Waals surface area contributed by atoms with Gasteiger partial charge in [-0.2, -0.15) is 0 Å². The molecule has 0 spiro atoms. The van der Waals surface area contributed by atoms with Crippen LogP contribution in [0.2, 0.25) is 0 Å². The summed E-state index contributed by atoms with van der Waals surface area (Å²) in [4.78, 5) is 22.2. The Kier molecular flexibility index (Phi) is 7.97. The second kappa shape index (κ2) is 9.71. The standard InChI is InChI=1S/C17H30N6O2/c1-17(2,3)25-16(24)20-11-10-19-15(18-4)21-12-13-8-7-9-14(22-13)23(5)6/h7-9H,10-12H2,1-6H3,(H,20,24)(H2,18,19,21). The third-order valence-electron chi connectivity index (χ3n) is 3.00. The minimum Gasteiger partial charge on any atom is -0.444 e. The molecule has 25 heavy (non-hydrogen) atoms. The SMILES string of the molecule is CN=C(NCCNC(=O)OC(C)(C)C)NCc1cccc(N(C)C)n1. The summed E-state index contributed by atoms with van der Waals surface area (Å²) in [5.41, 5.74) is 0.421. The number of aromatic nitrogens is 1. The average molecular weight is 350 g/mol. The highest BCUT2D eigenvalue weighted by molar-refractivity contribution is 5.79. The van der Waals surface area contributed by atoms with E-state index in [-0.39, 0.29) is 0 Å². The molecule has 1 aromatic rings. The smallest absolute Gasteiger partial charge is 0.407 e. The number of aliphatic imine (C=N–C) groups is 1. The van der Waals surface area contributed by atoms with Gasteiger partial charge in [0.25, 0.3) is 0 Å². The summed E-state index contributed by atoms with van der Waals surface area (Å²) in [5.74, 6) is 1.55. The average Bonchev–Trinajstić information content (AvgIpc) is 2.52. The molecule has 1 rings (SSSR count). The van der Waals surface area contributed by atoms with Crippen molar-refractivity contribution in [2.45, 2.75) is 32.9 Å². The number of pyridine rings is 1. The van der Waals surface area contributed by atoms with E-state index in [0.29, 0.717) is 25.6 Å². The Morgan fingerprint density at radius 2 is 1.88 bits per heavy atom. The van der Waals surface area contributed by atoms with Crippen molar-refractivity contribution < 1.29 is 9.53 Å². The molecule has 1 heterocycles. The summed E-state index contributed by atoms with van der Waals surface area (Å²) in [5, 5.41) is 9.01. The van der Waals surface area contributed by atoms with Crippen molar-refractivity contribution in [2.75, 3.05) is 39.1 Å². The van der Waals surface area contributed by atoms with Crippen LogP contribution in [0.5, 0.6) is 0 Å². The normalized spacial score (nSPS) is 11.7. The molecule has 8 heteroatoms. The lowest BCUT2D eigenvalue weighted by atomic mass is 10.2. The highest BCUT2D eigenvalue weighted by Gasteiger charge is 2.15. The highest BCUT2D eigenvalue weighted by Crippen LogP contribution is 2.07. The third kappa shape index (κ3) is 8.78. The first-order chi connectivity index (χ1) is 11.7. The lowest BCUT2D eigenvalue weighted by molar-refractivity contribution is 0.0529. The number of anilines is 1. The first kappa shape index (κ1) is 20.5. The number of guanidine groups is 1. The molecule has 0 saturated carbocycles. The van der Waals surface area contributed by atoms with Gasteiger partial charge in [0, 0.05) is 34.2 Å². The molecule has 0 bridgehead atoms. The Morgan fingerprint density at radius 1 is 1.20 bits per heavy atom. The Morgan fingerprint density at radius 3 is 2.48 bits per heavy atom. The van der Waals surface area contributed by atoms with E-state index < -0.39 is 11.7 Å². The Hall–Kier alpha value is -2.51. The number of alkyl carbamates (subject to hydrolysis) is 1. The van der Waals surface area contributed by atoms with Crippen LogP contribution in [0.3, 0.4) is 0 Å². The predicted molar refractivity (Wildman–Crippen MR) is 101 cm³/mol. The summed E-state index contributed by atoms with van der Waals surface area (Å²) in [6.07, 6.45) is -0.429. The van der Waals surface area contributed by atoms with Gasteiger partial charge in [-0.1, -0.05) is 6.07 Å². The number of ether oxygens (including phenoxy) is 1. The second-order valence-corrected chi connectivity index (χ2v) is 6.66. The largest absolute Gasteiger partial charge is 0.444 e. The topological polar surface area (TPSA) is 90.9 Å². The summed E-state index contributed by atoms with van der Waals surface area (Å²) in [6.45, 7) is 7.01. The van der Waals surface area contributed by atoms with Crippen molar-refractivity contribution in [3.05, 3.63) is 23.9 Å². The minimum absolute atomic E-state index is 0.429. The van der Waals surface area contributed by atoms with E-state index >= 15 is 0 Å². The molecular weight excluding hydrogens is 320 g/mol. The van der Waals surface area contributed by atoms with Crippen LogP contribution in [0, 0.1) is 0 Å². The van der Waals surface area contributed by atoms with Gasteiger partial charge in [-0.25, -0.2) is 9.78 Å². The molecule has 0 aromatic carbocycles. The molecule has 0 radical (unpaired) electrons. The van der Waals surface area contributed by atoms with Gasteiger partial charge in [-0.15, -0.1) is 0 Å². The molecular formula is C17H30N6O2. The fourth-order valence-electron chi connectivity index (χ4n) is 1.87. The van der Waals surface area contributed by atoms with E-state index in [9.17, 15) is 4.79 Å². The van der Waals surface area contributed by atoms with Gasteiger partial charge in [-0.05, 0) is 32.9 Å². The maximum Gasteiger partial charge on any atom is 0.407 e.